The first-order valence-electron chi connectivity index (χ1n) is 6.08. The van der Waals surface area contributed by atoms with Crippen LogP contribution in [0.5, 0.6) is 0 Å². The standard InChI is InChI=1S/C11H14N4O4S/c1-4-6(16)7(17)8(18)11(19-4)20-10-5-9(13-2-12-5)14-3-15-10/h2-4,6-8,11,16-18H,1H3,(H,12,13,14,15)/t4-,6-,7-,8-,11-/m0/s1. The van der Waals surface area contributed by atoms with E-state index in [0.717, 1.165) is 11.8 Å². The summed E-state index contributed by atoms with van der Waals surface area (Å²) in [6, 6.07) is 0. The second-order valence-corrected chi connectivity index (χ2v) is 5.67. The molecule has 0 spiro atoms. The Bertz CT molecular complexity index is 609. The van der Waals surface area contributed by atoms with Crippen molar-refractivity contribution in [3.05, 3.63) is 12.7 Å². The quantitative estimate of drug-likeness (QED) is 0.535. The van der Waals surface area contributed by atoms with Gasteiger partial charge >= 0.3 is 0 Å². The number of aliphatic hydroxyl groups excluding tert-OH is 3. The van der Waals surface area contributed by atoms with Crippen molar-refractivity contribution in [2.75, 3.05) is 0 Å². The van der Waals surface area contributed by atoms with Crippen LogP contribution in [0.3, 0.4) is 0 Å². The van der Waals surface area contributed by atoms with Crippen LogP contribution in [0.15, 0.2) is 17.7 Å². The Labute approximate surface area is 118 Å². The maximum atomic E-state index is 9.98. The number of imidazole rings is 1. The Kier molecular flexibility index (Phi) is 3.61. The summed E-state index contributed by atoms with van der Waals surface area (Å²) in [7, 11) is 0. The van der Waals surface area contributed by atoms with Crippen LogP contribution in [0, 0.1) is 0 Å². The van der Waals surface area contributed by atoms with E-state index in [0.29, 0.717) is 16.2 Å². The molecule has 0 amide bonds. The van der Waals surface area contributed by atoms with Gasteiger partial charge in [-0.05, 0) is 6.92 Å². The zero-order valence-corrected chi connectivity index (χ0v) is 11.4. The minimum absolute atomic E-state index is 0.515. The normalized spacial score (nSPS) is 34.5. The van der Waals surface area contributed by atoms with Gasteiger partial charge in [-0.3, -0.25) is 0 Å². The number of thioether (sulfide) groups is 1. The molecule has 0 bridgehead atoms. The van der Waals surface area contributed by atoms with E-state index in [4.69, 9.17) is 4.74 Å². The van der Waals surface area contributed by atoms with Crippen molar-refractivity contribution < 1.29 is 20.1 Å². The average molecular weight is 298 g/mol. The summed E-state index contributed by atoms with van der Waals surface area (Å²) in [5.41, 5.74) is 0.424. The summed E-state index contributed by atoms with van der Waals surface area (Å²) in [6.45, 7) is 1.64. The van der Waals surface area contributed by atoms with E-state index < -0.39 is 29.9 Å². The number of rotatable bonds is 2. The fraction of sp³-hybridized carbons (Fsp3) is 0.545. The largest absolute Gasteiger partial charge is 0.388 e. The van der Waals surface area contributed by atoms with E-state index in [1.54, 1.807) is 6.92 Å². The number of hydrogen-bond donors (Lipinski definition) is 4. The molecule has 3 rings (SSSR count). The lowest BCUT2D eigenvalue weighted by Gasteiger charge is -2.38. The maximum absolute atomic E-state index is 9.98. The second kappa shape index (κ2) is 5.26. The van der Waals surface area contributed by atoms with Gasteiger partial charge in [0.2, 0.25) is 0 Å². The molecule has 2 aromatic heterocycles. The van der Waals surface area contributed by atoms with Gasteiger partial charge in [0.25, 0.3) is 0 Å². The maximum Gasteiger partial charge on any atom is 0.181 e. The molecule has 0 saturated carbocycles. The van der Waals surface area contributed by atoms with Gasteiger partial charge in [-0.15, -0.1) is 0 Å². The lowest BCUT2D eigenvalue weighted by Crippen LogP contribution is -2.55. The van der Waals surface area contributed by atoms with Crippen molar-refractivity contribution in [2.45, 2.75) is 41.8 Å². The first-order valence-corrected chi connectivity index (χ1v) is 6.96. The van der Waals surface area contributed by atoms with Gasteiger partial charge in [-0.25, -0.2) is 15.0 Å². The molecule has 4 N–H and O–H groups in total. The van der Waals surface area contributed by atoms with Gasteiger partial charge < -0.3 is 25.0 Å². The lowest BCUT2D eigenvalue weighted by molar-refractivity contribution is -0.192. The molecule has 0 radical (unpaired) electrons. The summed E-state index contributed by atoms with van der Waals surface area (Å²) in [5, 5.41) is 30.0. The molecule has 3 heterocycles. The Morgan fingerprint density at radius 2 is 1.95 bits per heavy atom. The second-order valence-electron chi connectivity index (χ2n) is 4.58. The molecule has 5 atom stereocenters. The smallest absolute Gasteiger partial charge is 0.181 e. The van der Waals surface area contributed by atoms with Crippen molar-refractivity contribution in [3.63, 3.8) is 0 Å². The fourth-order valence-corrected chi connectivity index (χ4v) is 3.18. The summed E-state index contributed by atoms with van der Waals surface area (Å²) in [4.78, 5) is 15.1. The highest BCUT2D eigenvalue weighted by atomic mass is 32.2. The molecular formula is C11H14N4O4S. The van der Waals surface area contributed by atoms with Crippen molar-refractivity contribution >= 4 is 22.9 Å². The first kappa shape index (κ1) is 13.7. The van der Waals surface area contributed by atoms with Crippen LogP contribution in [-0.4, -0.2) is 65.1 Å². The molecule has 1 aliphatic heterocycles. The van der Waals surface area contributed by atoms with Gasteiger partial charge in [0.15, 0.2) is 5.65 Å². The molecule has 8 nitrogen and oxygen atoms in total. The molecule has 0 unspecified atom stereocenters. The SMILES string of the molecule is C[C@@H]1O[C@@H](Sc2ncnc3nc[nH]c23)[C@@H](O)[C@@H](O)[C@H]1O. The van der Waals surface area contributed by atoms with E-state index in [9.17, 15) is 15.3 Å². The number of fused-ring (bicyclic) bond motifs is 1. The van der Waals surface area contributed by atoms with Crippen molar-refractivity contribution in [3.8, 4) is 0 Å². The third-order valence-corrected chi connectivity index (χ3v) is 4.38. The zero-order valence-electron chi connectivity index (χ0n) is 10.5. The Morgan fingerprint density at radius 3 is 2.75 bits per heavy atom. The highest BCUT2D eigenvalue weighted by molar-refractivity contribution is 8.00. The summed E-state index contributed by atoms with van der Waals surface area (Å²) >= 11 is 1.15. The summed E-state index contributed by atoms with van der Waals surface area (Å²) in [5.74, 6) is 0. The first-order chi connectivity index (χ1) is 9.58. The molecule has 108 valence electrons. The Hall–Kier alpha value is -1.26. The van der Waals surface area contributed by atoms with E-state index >= 15 is 0 Å². The van der Waals surface area contributed by atoms with E-state index in [1.165, 1.54) is 12.7 Å². The molecule has 1 fully saturated rings. The molecule has 0 aromatic carbocycles. The molecule has 20 heavy (non-hydrogen) atoms. The number of nitrogens with zero attached hydrogens (tertiary/aromatic N) is 3. The topological polar surface area (TPSA) is 124 Å². The summed E-state index contributed by atoms with van der Waals surface area (Å²) in [6.07, 6.45) is -1.28. The highest BCUT2D eigenvalue weighted by Gasteiger charge is 2.42. The molecule has 1 aliphatic rings. The number of aliphatic hydroxyl groups is 3. The van der Waals surface area contributed by atoms with E-state index in [2.05, 4.69) is 19.9 Å². The minimum atomic E-state index is -1.25. The van der Waals surface area contributed by atoms with Crippen molar-refractivity contribution in [1.82, 2.24) is 19.9 Å². The summed E-state index contributed by atoms with van der Waals surface area (Å²) < 4.78 is 5.52. The highest BCUT2D eigenvalue weighted by Crippen LogP contribution is 2.34. The number of aromatic nitrogens is 4. The minimum Gasteiger partial charge on any atom is -0.388 e. The Morgan fingerprint density at radius 1 is 1.15 bits per heavy atom. The molecule has 9 heteroatoms. The predicted octanol–water partition coefficient (Wildman–Crippen LogP) is -0.728. The molecule has 0 aliphatic carbocycles. The number of ether oxygens (including phenoxy) is 1. The van der Waals surface area contributed by atoms with Gasteiger partial charge in [0.1, 0.15) is 40.6 Å². The lowest BCUT2D eigenvalue weighted by atomic mass is 10.0. The van der Waals surface area contributed by atoms with Crippen LogP contribution < -0.4 is 0 Å². The van der Waals surface area contributed by atoms with Crippen LogP contribution in [0.1, 0.15) is 6.92 Å². The van der Waals surface area contributed by atoms with Crippen LogP contribution in [0.4, 0.5) is 0 Å². The van der Waals surface area contributed by atoms with Crippen molar-refractivity contribution in [1.29, 1.82) is 0 Å². The van der Waals surface area contributed by atoms with Gasteiger partial charge in [0, 0.05) is 0 Å². The number of aromatic amines is 1. The number of hydrogen-bond acceptors (Lipinski definition) is 8. The number of H-pyrrole nitrogens is 1. The molecular weight excluding hydrogens is 284 g/mol. The van der Waals surface area contributed by atoms with Gasteiger partial charge in [-0.1, -0.05) is 11.8 Å². The third-order valence-electron chi connectivity index (χ3n) is 3.22. The van der Waals surface area contributed by atoms with Crippen molar-refractivity contribution in [2.24, 2.45) is 0 Å². The Balaban J connectivity index is 1.85. The van der Waals surface area contributed by atoms with Crippen LogP contribution >= 0.6 is 11.8 Å². The molecule has 2 aromatic rings. The van der Waals surface area contributed by atoms with E-state index in [1.807, 2.05) is 0 Å². The zero-order chi connectivity index (χ0) is 14.3. The average Bonchev–Trinajstić information content (AvgIpc) is 2.92. The fourth-order valence-electron chi connectivity index (χ4n) is 2.05. The van der Waals surface area contributed by atoms with Crippen LogP contribution in [-0.2, 0) is 4.74 Å². The predicted molar refractivity (Wildman–Crippen MR) is 69.9 cm³/mol. The van der Waals surface area contributed by atoms with Crippen LogP contribution in [0.25, 0.3) is 11.2 Å². The molecule has 1 saturated heterocycles. The van der Waals surface area contributed by atoms with Crippen LogP contribution in [0.2, 0.25) is 0 Å². The third kappa shape index (κ3) is 2.27. The van der Waals surface area contributed by atoms with E-state index in [-0.39, 0.29) is 0 Å². The van der Waals surface area contributed by atoms with Gasteiger partial charge in [-0.2, -0.15) is 0 Å². The number of nitrogens with one attached hydrogen (secondary N) is 1. The van der Waals surface area contributed by atoms with Gasteiger partial charge in [0.05, 0.1) is 12.4 Å². The monoisotopic (exact) mass is 298 g/mol.